The van der Waals surface area contributed by atoms with Crippen LogP contribution in [0.4, 0.5) is 0 Å². The second-order valence-corrected chi connectivity index (χ2v) is 12.6. The van der Waals surface area contributed by atoms with E-state index in [1.165, 1.54) is 0 Å². The van der Waals surface area contributed by atoms with Gasteiger partial charge in [-0.2, -0.15) is 0 Å². The molecule has 0 N–H and O–H groups in total. The minimum Gasteiger partial charge on any atom is -0.106 e. The molecule has 0 aromatic heterocycles. The lowest BCUT2D eigenvalue weighted by Gasteiger charge is -2.23. The fourth-order valence-corrected chi connectivity index (χ4v) is 9.68. The SMILES string of the molecule is C=C.CC(c1c(Br)c(Br)c(Br)c(Br)c1Br)c1c(Br)c(Br)c(Br)c(Br)c1Br. The van der Waals surface area contributed by atoms with E-state index in [1.54, 1.807) is 0 Å². The van der Waals surface area contributed by atoms with Gasteiger partial charge in [-0.25, -0.2) is 0 Å². The molecule has 142 valence electrons. The maximum absolute atomic E-state index is 3.72. The number of halogens is 10. The first-order valence-corrected chi connectivity index (χ1v) is 14.5. The second kappa shape index (κ2) is 11.6. The van der Waals surface area contributed by atoms with Gasteiger partial charge in [0, 0.05) is 50.6 Å². The Balaban J connectivity index is 0.00000163. The zero-order valence-corrected chi connectivity index (χ0v) is 28.6. The zero-order chi connectivity index (χ0) is 20.5. The van der Waals surface area contributed by atoms with Crippen molar-refractivity contribution < 1.29 is 0 Å². The van der Waals surface area contributed by atoms with E-state index < -0.39 is 0 Å². The number of hydrogen-bond acceptors (Lipinski definition) is 0. The van der Waals surface area contributed by atoms with Gasteiger partial charge < -0.3 is 0 Å². The fraction of sp³-hybridized carbons (Fsp3) is 0.125. The van der Waals surface area contributed by atoms with Crippen LogP contribution >= 0.6 is 159 Å². The summed E-state index contributed by atoms with van der Waals surface area (Å²) in [6, 6.07) is 0. The molecule has 0 atom stereocenters. The van der Waals surface area contributed by atoms with Gasteiger partial charge >= 0.3 is 0 Å². The molecule has 10 heteroatoms. The standard InChI is InChI=1S/C14H4Br10.C2H4/c1-2(3-5(15)9(19)13(23)10(20)6(3)16)4-7(17)11(21)14(24)12(22)8(4)18;1-2/h2H,1H3;1-2H2. The summed E-state index contributed by atoms with van der Waals surface area (Å²) in [4.78, 5) is 0. The van der Waals surface area contributed by atoms with E-state index >= 15 is 0 Å². The fourth-order valence-electron chi connectivity index (χ4n) is 2.15. The van der Waals surface area contributed by atoms with Gasteiger partial charge in [0.05, 0.1) is 0 Å². The van der Waals surface area contributed by atoms with Crippen LogP contribution in [0.1, 0.15) is 24.0 Å². The van der Waals surface area contributed by atoms with Crippen LogP contribution in [-0.4, -0.2) is 0 Å². The van der Waals surface area contributed by atoms with Gasteiger partial charge in [0.2, 0.25) is 0 Å². The molecule has 0 nitrogen and oxygen atoms in total. The van der Waals surface area contributed by atoms with E-state index in [4.69, 9.17) is 0 Å². The average Bonchev–Trinajstić information content (AvgIpc) is 2.63. The molecule has 0 heterocycles. The number of hydrogen-bond donors (Lipinski definition) is 0. The summed E-state index contributed by atoms with van der Waals surface area (Å²) >= 11 is 36.6. The lowest BCUT2D eigenvalue weighted by molar-refractivity contribution is 0.887. The van der Waals surface area contributed by atoms with E-state index in [0.29, 0.717) is 0 Å². The van der Waals surface area contributed by atoms with E-state index in [2.05, 4.69) is 179 Å². The monoisotopic (exact) mass is 989 g/mol. The number of benzene rings is 2. The van der Waals surface area contributed by atoms with Crippen molar-refractivity contribution in [1.29, 1.82) is 0 Å². The molecule has 0 saturated heterocycles. The molecule has 2 aromatic carbocycles. The summed E-state index contributed by atoms with van der Waals surface area (Å²) in [5.74, 6) is 0.0823. The Bertz CT molecular complexity index is 732. The Morgan fingerprint density at radius 3 is 0.769 bits per heavy atom. The summed E-state index contributed by atoms with van der Waals surface area (Å²) in [5, 5.41) is 0. The second-order valence-electron chi connectivity index (χ2n) is 4.69. The van der Waals surface area contributed by atoms with E-state index in [1.807, 2.05) is 0 Å². The molecule has 0 aliphatic carbocycles. The largest absolute Gasteiger partial charge is 0.106 e. The summed E-state index contributed by atoms with van der Waals surface area (Å²) in [6.45, 7) is 8.16. The summed E-state index contributed by atoms with van der Waals surface area (Å²) in [6.07, 6.45) is 0. The van der Waals surface area contributed by atoms with Gasteiger partial charge in [-0.15, -0.1) is 13.2 Å². The van der Waals surface area contributed by atoms with Gasteiger partial charge in [-0.3, -0.25) is 0 Å². The quantitative estimate of drug-likeness (QED) is 0.160. The maximum Gasteiger partial charge on any atom is 0.0482 e. The van der Waals surface area contributed by atoms with Gasteiger partial charge in [0.25, 0.3) is 0 Å². The van der Waals surface area contributed by atoms with Gasteiger partial charge in [-0.1, -0.05) is 6.92 Å². The first-order chi connectivity index (χ1) is 12.0. The molecule has 0 spiro atoms. The third-order valence-corrected chi connectivity index (χ3v) is 15.7. The zero-order valence-electron chi connectivity index (χ0n) is 12.8. The molecule has 2 aromatic rings. The molecule has 0 radical (unpaired) electrons. The highest BCUT2D eigenvalue weighted by molar-refractivity contribution is 9.16. The normalized spacial score (nSPS) is 10.8. The number of rotatable bonds is 2. The van der Waals surface area contributed by atoms with Crippen LogP contribution in [0.15, 0.2) is 57.9 Å². The highest BCUT2D eigenvalue weighted by Crippen LogP contribution is 2.53. The molecule has 0 aliphatic heterocycles. The molecule has 2 rings (SSSR count). The van der Waals surface area contributed by atoms with E-state index in [9.17, 15) is 0 Å². The third kappa shape index (κ3) is 5.23. The van der Waals surface area contributed by atoms with Crippen molar-refractivity contribution in [2.75, 3.05) is 0 Å². The highest BCUT2D eigenvalue weighted by Gasteiger charge is 2.28. The van der Waals surface area contributed by atoms with E-state index in [0.717, 1.165) is 55.9 Å². The smallest absolute Gasteiger partial charge is 0.0482 e. The maximum atomic E-state index is 3.72. The topological polar surface area (TPSA) is 0 Å². The van der Waals surface area contributed by atoms with E-state index in [-0.39, 0.29) is 5.92 Å². The Morgan fingerprint density at radius 1 is 0.423 bits per heavy atom. The van der Waals surface area contributed by atoms with Crippen molar-refractivity contribution in [3.63, 3.8) is 0 Å². The van der Waals surface area contributed by atoms with Crippen molar-refractivity contribution in [1.82, 2.24) is 0 Å². The molecule has 0 saturated carbocycles. The predicted octanol–water partition coefficient (Wildman–Crippen LogP) is 12.3. The van der Waals surface area contributed by atoms with Crippen molar-refractivity contribution in [2.45, 2.75) is 12.8 Å². The van der Waals surface area contributed by atoms with Crippen molar-refractivity contribution in [3.8, 4) is 0 Å². The Kier molecular flexibility index (Phi) is 12.0. The molecule has 0 unspecified atom stereocenters. The average molecular weight is 999 g/mol. The molecule has 26 heavy (non-hydrogen) atoms. The molecule has 0 amide bonds. The third-order valence-electron chi connectivity index (χ3n) is 3.35. The molecular formula is C16H8Br10. The minimum absolute atomic E-state index is 0.0823. The summed E-state index contributed by atoms with van der Waals surface area (Å²) in [5.41, 5.74) is 2.25. The van der Waals surface area contributed by atoms with Crippen LogP contribution in [-0.2, 0) is 0 Å². The Hall–Kier alpha value is 2.98. The lowest BCUT2D eigenvalue weighted by Crippen LogP contribution is -2.04. The van der Waals surface area contributed by atoms with Crippen LogP contribution in [0, 0.1) is 0 Å². The molecule has 0 aliphatic rings. The van der Waals surface area contributed by atoms with Crippen molar-refractivity contribution >= 4 is 159 Å². The van der Waals surface area contributed by atoms with Crippen molar-refractivity contribution in [3.05, 3.63) is 69.0 Å². The van der Waals surface area contributed by atoms with Gasteiger partial charge in [0.15, 0.2) is 0 Å². The Labute approximate surface area is 237 Å². The highest BCUT2D eigenvalue weighted by atomic mass is 79.9. The predicted molar refractivity (Wildman–Crippen MR) is 149 cm³/mol. The van der Waals surface area contributed by atoms with Crippen LogP contribution in [0.5, 0.6) is 0 Å². The van der Waals surface area contributed by atoms with Crippen LogP contribution in [0.2, 0.25) is 0 Å². The Morgan fingerprint density at radius 2 is 0.577 bits per heavy atom. The van der Waals surface area contributed by atoms with Gasteiger partial charge in [0.1, 0.15) is 0 Å². The lowest BCUT2D eigenvalue weighted by atomic mass is 9.93. The first kappa shape index (κ1) is 27.0. The van der Waals surface area contributed by atoms with Gasteiger partial charge in [-0.05, 0) is 170 Å². The van der Waals surface area contributed by atoms with Crippen LogP contribution in [0.25, 0.3) is 0 Å². The van der Waals surface area contributed by atoms with Crippen molar-refractivity contribution in [2.24, 2.45) is 0 Å². The molecule has 0 fully saturated rings. The minimum atomic E-state index is 0.0823. The summed E-state index contributed by atoms with van der Waals surface area (Å²) < 4.78 is 9.71. The molecular weight excluding hydrogens is 991 g/mol. The van der Waals surface area contributed by atoms with Crippen LogP contribution < -0.4 is 0 Å². The molecule has 0 bridgehead atoms. The first-order valence-electron chi connectivity index (χ1n) is 6.54. The summed E-state index contributed by atoms with van der Waals surface area (Å²) in [7, 11) is 0. The van der Waals surface area contributed by atoms with Crippen LogP contribution in [0.3, 0.4) is 0 Å².